The Bertz CT molecular complexity index is 2520. The molecule has 2 saturated heterocycles. The topological polar surface area (TPSA) is 166 Å². The second-order valence-corrected chi connectivity index (χ2v) is 15.5. The Hall–Kier alpha value is -6.80. The number of hydrogen-bond donors (Lipinski definition) is 3. The number of H-pyrrole nitrogens is 1. The van der Waals surface area contributed by atoms with E-state index in [1.165, 1.54) is 12.0 Å². The fourth-order valence-electron chi connectivity index (χ4n) is 8.33. The third-order valence-electron chi connectivity index (χ3n) is 11.4. The van der Waals surface area contributed by atoms with E-state index in [4.69, 9.17) is 14.1 Å². The Morgan fingerprint density at radius 1 is 0.850 bits per heavy atom. The van der Waals surface area contributed by atoms with Crippen molar-refractivity contribution in [3.8, 4) is 22.8 Å². The number of rotatable bonds is 11. The molecule has 0 aliphatic carbocycles. The van der Waals surface area contributed by atoms with Crippen LogP contribution in [-0.2, 0) is 19.1 Å². The molecule has 0 radical (unpaired) electrons. The maximum Gasteiger partial charge on any atom is 0.407 e. The number of aryl methyl sites for hydroxylation is 1. The molecule has 308 valence electrons. The molecule has 6 aromatic rings. The largest absolute Gasteiger partial charge is 0.453 e. The maximum atomic E-state index is 14.0. The number of benzene rings is 4. The van der Waals surface area contributed by atoms with E-state index in [1.807, 2.05) is 104 Å². The number of imidazole rings is 1. The van der Waals surface area contributed by atoms with E-state index in [9.17, 15) is 19.2 Å². The van der Waals surface area contributed by atoms with Gasteiger partial charge < -0.3 is 34.6 Å². The van der Waals surface area contributed by atoms with Gasteiger partial charge in [0.2, 0.25) is 17.7 Å². The van der Waals surface area contributed by atoms with Crippen molar-refractivity contribution in [1.82, 2.24) is 35.0 Å². The van der Waals surface area contributed by atoms with Gasteiger partial charge in [0.1, 0.15) is 23.9 Å². The molecule has 4 heterocycles. The number of nitrogens with one attached hydrogen (secondary N) is 3. The lowest BCUT2D eigenvalue weighted by Crippen LogP contribution is -2.48. The molecular formula is C46H48N8O6. The molecule has 60 heavy (non-hydrogen) atoms. The zero-order valence-corrected chi connectivity index (χ0v) is 34.1. The molecule has 2 aromatic heterocycles. The summed E-state index contributed by atoms with van der Waals surface area (Å²) in [4.78, 5) is 72.4. The molecule has 2 fully saturated rings. The van der Waals surface area contributed by atoms with Crippen LogP contribution in [0.25, 0.3) is 33.8 Å². The summed E-state index contributed by atoms with van der Waals surface area (Å²) in [5.74, 6) is 1.01. The van der Waals surface area contributed by atoms with Gasteiger partial charge in [-0.1, -0.05) is 72.8 Å². The SMILES string of the molecule is COC(=O)N[C@@H](C(=O)N1CCC[C@H]1C(=O)Nc1cc(-c2cnc(-c3ccc4[nH]c([C@@H]5CCCN5C(=O)[C@@H](c5ccccc5)N(C)C)nc4c3)o2)ccc1C)c1ccccc1. The molecule has 0 bridgehead atoms. The van der Waals surface area contributed by atoms with Gasteiger partial charge in [0.25, 0.3) is 5.91 Å². The monoisotopic (exact) mass is 808 g/mol. The highest BCUT2D eigenvalue weighted by molar-refractivity contribution is 5.99. The zero-order valence-electron chi connectivity index (χ0n) is 34.1. The lowest BCUT2D eigenvalue weighted by atomic mass is 10.0. The van der Waals surface area contributed by atoms with Crippen molar-refractivity contribution in [3.63, 3.8) is 0 Å². The van der Waals surface area contributed by atoms with Crippen LogP contribution in [-0.4, -0.2) is 93.8 Å². The first-order valence-corrected chi connectivity index (χ1v) is 20.2. The average molecular weight is 809 g/mol. The number of methoxy groups -OCH3 is 1. The van der Waals surface area contributed by atoms with Crippen LogP contribution in [0.3, 0.4) is 0 Å². The maximum absolute atomic E-state index is 14.0. The van der Waals surface area contributed by atoms with Gasteiger partial charge in [-0.3, -0.25) is 19.3 Å². The van der Waals surface area contributed by atoms with Crippen LogP contribution in [0.1, 0.15) is 66.3 Å². The van der Waals surface area contributed by atoms with Gasteiger partial charge in [-0.15, -0.1) is 0 Å². The van der Waals surface area contributed by atoms with E-state index < -0.39 is 24.2 Å². The second kappa shape index (κ2) is 17.2. The molecule has 8 rings (SSSR count). The number of likely N-dealkylation sites (N-methyl/N-ethyl adjacent to an activating group) is 1. The van der Waals surface area contributed by atoms with Crippen molar-refractivity contribution in [1.29, 1.82) is 0 Å². The van der Waals surface area contributed by atoms with Gasteiger partial charge in [0.05, 0.1) is 30.4 Å². The lowest BCUT2D eigenvalue weighted by molar-refractivity contribution is -0.138. The Balaban J connectivity index is 0.974. The fourth-order valence-corrected chi connectivity index (χ4v) is 8.33. The number of nitrogens with zero attached hydrogens (tertiary/aromatic N) is 5. The van der Waals surface area contributed by atoms with Crippen molar-refractivity contribution in [2.75, 3.05) is 39.6 Å². The number of likely N-dealkylation sites (tertiary alicyclic amines) is 2. The minimum absolute atomic E-state index is 0.0542. The molecule has 4 aromatic carbocycles. The molecule has 3 N–H and O–H groups in total. The first-order valence-electron chi connectivity index (χ1n) is 20.2. The molecule has 0 unspecified atom stereocenters. The number of carbonyl (C=O) groups excluding carboxylic acids is 4. The summed E-state index contributed by atoms with van der Waals surface area (Å²) < 4.78 is 11.1. The number of carbonyl (C=O) groups is 4. The van der Waals surface area contributed by atoms with Gasteiger partial charge in [-0.2, -0.15) is 0 Å². The highest BCUT2D eigenvalue weighted by Gasteiger charge is 2.39. The van der Waals surface area contributed by atoms with Crippen molar-refractivity contribution >= 4 is 40.5 Å². The van der Waals surface area contributed by atoms with Crippen LogP contribution in [0.15, 0.2) is 108 Å². The van der Waals surface area contributed by atoms with Crippen molar-refractivity contribution in [3.05, 3.63) is 126 Å². The summed E-state index contributed by atoms with van der Waals surface area (Å²) in [7, 11) is 5.10. The smallest absolute Gasteiger partial charge is 0.407 e. The van der Waals surface area contributed by atoms with Gasteiger partial charge in [-0.25, -0.2) is 14.8 Å². The summed E-state index contributed by atoms with van der Waals surface area (Å²) in [6.45, 7) is 2.93. The first kappa shape index (κ1) is 40.0. The van der Waals surface area contributed by atoms with E-state index in [2.05, 4.69) is 20.6 Å². The number of oxazole rings is 1. The number of ether oxygens (including phenoxy) is 1. The number of alkyl carbamates (subject to hydrolysis) is 1. The minimum Gasteiger partial charge on any atom is -0.453 e. The number of aromatic nitrogens is 3. The van der Waals surface area contributed by atoms with Crippen LogP contribution < -0.4 is 10.6 Å². The van der Waals surface area contributed by atoms with Gasteiger partial charge in [0, 0.05) is 29.9 Å². The Kier molecular flexibility index (Phi) is 11.5. The number of hydrogen-bond acceptors (Lipinski definition) is 9. The molecule has 2 aliphatic rings. The third-order valence-corrected chi connectivity index (χ3v) is 11.4. The fraction of sp³-hybridized carbons (Fsp3) is 0.304. The van der Waals surface area contributed by atoms with E-state index in [0.717, 1.165) is 46.4 Å². The number of anilines is 1. The highest BCUT2D eigenvalue weighted by Crippen LogP contribution is 2.36. The predicted molar refractivity (Wildman–Crippen MR) is 226 cm³/mol. The number of fused-ring (bicyclic) bond motifs is 1. The summed E-state index contributed by atoms with van der Waals surface area (Å²) in [6, 6.07) is 27.9. The normalized spacial score (nSPS) is 17.5. The molecule has 0 saturated carbocycles. The second-order valence-electron chi connectivity index (χ2n) is 15.5. The molecule has 2 aliphatic heterocycles. The average Bonchev–Trinajstić information content (AvgIpc) is 4.10. The number of aromatic amines is 1. The third kappa shape index (κ3) is 8.10. The van der Waals surface area contributed by atoms with Gasteiger partial charge in [-0.05, 0) is 87.7 Å². The minimum atomic E-state index is -1.01. The Labute approximate surface area is 347 Å². The van der Waals surface area contributed by atoms with E-state index in [-0.39, 0.29) is 23.8 Å². The first-order chi connectivity index (χ1) is 29.1. The molecule has 4 amide bonds. The molecule has 4 atom stereocenters. The van der Waals surface area contributed by atoms with Crippen molar-refractivity contribution < 1.29 is 28.3 Å². The number of amides is 4. The van der Waals surface area contributed by atoms with E-state index in [1.54, 1.807) is 30.5 Å². The van der Waals surface area contributed by atoms with E-state index in [0.29, 0.717) is 54.4 Å². The van der Waals surface area contributed by atoms with E-state index >= 15 is 0 Å². The summed E-state index contributed by atoms with van der Waals surface area (Å²) in [5.41, 5.74) is 5.99. The van der Waals surface area contributed by atoms with Crippen LogP contribution >= 0.6 is 0 Å². The summed E-state index contributed by atoms with van der Waals surface area (Å²) >= 11 is 0. The summed E-state index contributed by atoms with van der Waals surface area (Å²) in [5, 5.41) is 5.68. The molecular weight excluding hydrogens is 761 g/mol. The summed E-state index contributed by atoms with van der Waals surface area (Å²) in [6.07, 6.45) is 3.73. The van der Waals surface area contributed by atoms with Crippen LogP contribution in [0.4, 0.5) is 10.5 Å². The van der Waals surface area contributed by atoms with Crippen LogP contribution in [0, 0.1) is 6.92 Å². The highest BCUT2D eigenvalue weighted by atomic mass is 16.5. The Morgan fingerprint density at radius 2 is 1.55 bits per heavy atom. The van der Waals surface area contributed by atoms with Crippen LogP contribution in [0.2, 0.25) is 0 Å². The standard InChI is InChI=1S/C46H48N8O6/c1-28-19-20-31(25-34(28)50-42(55)37-18-12-24-54(37)44(56)39(51-46(58)59-4)29-13-7-5-8-14-29)38-27-47-43(60-38)32-21-22-33-35(26-32)49-41(48-33)36-17-11-23-53(36)45(57)40(52(2)3)30-15-9-6-10-16-30/h5-10,13-16,19-22,25-27,36-37,39-40H,11-12,17-18,23-24H2,1-4H3,(H,48,49)(H,50,55)(H,51,58)/t36-,37-,39+,40+/m0/s1. The van der Waals surface area contributed by atoms with Gasteiger partial charge >= 0.3 is 6.09 Å². The van der Waals surface area contributed by atoms with Crippen molar-refractivity contribution in [2.24, 2.45) is 0 Å². The van der Waals surface area contributed by atoms with Crippen molar-refractivity contribution in [2.45, 2.75) is 56.8 Å². The Morgan fingerprint density at radius 3 is 2.28 bits per heavy atom. The molecule has 0 spiro atoms. The molecule has 14 heteroatoms. The zero-order chi connectivity index (χ0) is 41.9. The quantitative estimate of drug-likeness (QED) is 0.123. The van der Waals surface area contributed by atoms with Crippen LogP contribution in [0.5, 0.6) is 0 Å². The lowest BCUT2D eigenvalue weighted by Gasteiger charge is -2.31. The molecule has 14 nitrogen and oxygen atoms in total. The van der Waals surface area contributed by atoms with Gasteiger partial charge in [0.15, 0.2) is 5.76 Å². The predicted octanol–water partition coefficient (Wildman–Crippen LogP) is 7.19.